The van der Waals surface area contributed by atoms with Crippen LogP contribution in [0.4, 0.5) is 0 Å². The fraction of sp³-hybridized carbons (Fsp3) is 0.357. The van der Waals surface area contributed by atoms with Gasteiger partial charge in [-0.3, -0.25) is 0 Å². The van der Waals surface area contributed by atoms with Crippen molar-refractivity contribution in [3.63, 3.8) is 0 Å². The van der Waals surface area contributed by atoms with E-state index in [1.807, 2.05) is 18.2 Å². The van der Waals surface area contributed by atoms with Gasteiger partial charge < -0.3 is 9.84 Å². The van der Waals surface area contributed by atoms with Gasteiger partial charge in [0.15, 0.2) is 0 Å². The van der Waals surface area contributed by atoms with E-state index in [0.717, 1.165) is 24.8 Å². The molecule has 17 heavy (non-hydrogen) atoms. The van der Waals surface area contributed by atoms with Crippen molar-refractivity contribution in [3.8, 4) is 0 Å². The number of allylic oxidation sites excluding steroid dienone is 1. The van der Waals surface area contributed by atoms with Gasteiger partial charge in [-0.1, -0.05) is 24.3 Å². The molecule has 3 heteroatoms. The molecule has 0 aromatic heterocycles. The lowest BCUT2D eigenvalue weighted by molar-refractivity contribution is 0.0600. The standard InChI is InChI=1S/C14H18O3/c1-17-14(16)13-9-7-12(8-10-13)6-4-2-3-5-11-15/h4,6-10,15H,2-3,5,11H2,1H3/b6-4+. The molecule has 0 radical (unpaired) electrons. The summed E-state index contributed by atoms with van der Waals surface area (Å²) in [5.41, 5.74) is 1.62. The largest absolute Gasteiger partial charge is 0.465 e. The van der Waals surface area contributed by atoms with E-state index in [1.54, 1.807) is 12.1 Å². The van der Waals surface area contributed by atoms with Crippen molar-refractivity contribution in [3.05, 3.63) is 41.5 Å². The van der Waals surface area contributed by atoms with E-state index < -0.39 is 0 Å². The number of hydrogen-bond donors (Lipinski definition) is 1. The first-order chi connectivity index (χ1) is 8.27. The molecule has 1 aromatic carbocycles. The molecule has 0 aliphatic heterocycles. The minimum atomic E-state index is -0.316. The second-order valence-electron chi connectivity index (χ2n) is 3.74. The van der Waals surface area contributed by atoms with Crippen LogP contribution in [0.3, 0.4) is 0 Å². The van der Waals surface area contributed by atoms with Crippen molar-refractivity contribution in [1.29, 1.82) is 0 Å². The van der Waals surface area contributed by atoms with Crippen LogP contribution in [0.5, 0.6) is 0 Å². The SMILES string of the molecule is COC(=O)c1ccc(/C=C/CCCCO)cc1. The van der Waals surface area contributed by atoms with Crippen LogP contribution in [0.25, 0.3) is 6.08 Å². The third-order valence-corrected chi connectivity index (χ3v) is 2.42. The average Bonchev–Trinajstić information content (AvgIpc) is 2.38. The van der Waals surface area contributed by atoms with Gasteiger partial charge >= 0.3 is 5.97 Å². The summed E-state index contributed by atoms with van der Waals surface area (Å²) in [6.45, 7) is 0.252. The zero-order valence-electron chi connectivity index (χ0n) is 10.1. The van der Waals surface area contributed by atoms with Crippen LogP contribution in [-0.2, 0) is 4.74 Å². The van der Waals surface area contributed by atoms with Gasteiger partial charge in [0.1, 0.15) is 0 Å². The van der Waals surface area contributed by atoms with Crippen LogP contribution >= 0.6 is 0 Å². The first-order valence-corrected chi connectivity index (χ1v) is 5.73. The summed E-state index contributed by atoms with van der Waals surface area (Å²) in [4.78, 5) is 11.2. The zero-order valence-corrected chi connectivity index (χ0v) is 10.1. The summed E-state index contributed by atoms with van der Waals surface area (Å²) in [6.07, 6.45) is 6.87. The lowest BCUT2D eigenvalue weighted by atomic mass is 10.1. The average molecular weight is 234 g/mol. The monoisotopic (exact) mass is 234 g/mol. The smallest absolute Gasteiger partial charge is 0.337 e. The number of carbonyl (C=O) groups is 1. The molecular formula is C14H18O3. The highest BCUT2D eigenvalue weighted by atomic mass is 16.5. The Morgan fingerprint density at radius 1 is 1.29 bits per heavy atom. The third-order valence-electron chi connectivity index (χ3n) is 2.42. The molecule has 92 valence electrons. The number of unbranched alkanes of at least 4 members (excludes halogenated alkanes) is 2. The van der Waals surface area contributed by atoms with E-state index in [2.05, 4.69) is 10.8 Å². The molecule has 0 atom stereocenters. The van der Waals surface area contributed by atoms with Crippen molar-refractivity contribution in [2.24, 2.45) is 0 Å². The van der Waals surface area contributed by atoms with Gasteiger partial charge in [-0.05, 0) is 37.0 Å². The van der Waals surface area contributed by atoms with Crippen molar-refractivity contribution in [1.82, 2.24) is 0 Å². The first kappa shape index (κ1) is 13.5. The number of benzene rings is 1. The highest BCUT2D eigenvalue weighted by Gasteiger charge is 2.02. The third kappa shape index (κ3) is 4.83. The lowest BCUT2D eigenvalue weighted by Gasteiger charge is -1.99. The molecule has 0 saturated carbocycles. The van der Waals surface area contributed by atoms with Gasteiger partial charge in [-0.15, -0.1) is 0 Å². The maximum Gasteiger partial charge on any atom is 0.337 e. The molecular weight excluding hydrogens is 216 g/mol. The molecule has 0 aliphatic carbocycles. The van der Waals surface area contributed by atoms with Crippen LogP contribution in [0, 0.1) is 0 Å². The van der Waals surface area contributed by atoms with Crippen molar-refractivity contribution >= 4 is 12.0 Å². The summed E-state index contributed by atoms with van der Waals surface area (Å²) in [5.74, 6) is -0.316. The highest BCUT2D eigenvalue weighted by molar-refractivity contribution is 5.89. The summed E-state index contributed by atoms with van der Waals surface area (Å²) in [6, 6.07) is 7.27. The molecule has 0 bridgehead atoms. The maximum atomic E-state index is 11.2. The number of aliphatic hydroxyl groups is 1. The van der Waals surface area contributed by atoms with Crippen LogP contribution < -0.4 is 0 Å². The van der Waals surface area contributed by atoms with Crippen LogP contribution in [0.2, 0.25) is 0 Å². The summed E-state index contributed by atoms with van der Waals surface area (Å²) >= 11 is 0. The summed E-state index contributed by atoms with van der Waals surface area (Å²) < 4.78 is 4.62. The van der Waals surface area contributed by atoms with Gasteiger partial charge in [-0.25, -0.2) is 4.79 Å². The second-order valence-corrected chi connectivity index (χ2v) is 3.74. The fourth-order valence-corrected chi connectivity index (χ4v) is 1.44. The molecule has 3 nitrogen and oxygen atoms in total. The van der Waals surface area contributed by atoms with Gasteiger partial charge in [0.2, 0.25) is 0 Å². The molecule has 0 amide bonds. The summed E-state index contributed by atoms with van der Waals surface area (Å²) in [7, 11) is 1.37. The Bertz CT molecular complexity index is 366. The molecule has 0 fully saturated rings. The molecule has 0 saturated heterocycles. The molecule has 1 aromatic rings. The van der Waals surface area contributed by atoms with E-state index in [1.165, 1.54) is 7.11 Å². The maximum absolute atomic E-state index is 11.2. The summed E-state index contributed by atoms with van der Waals surface area (Å²) in [5, 5.41) is 8.62. The predicted octanol–water partition coefficient (Wildman–Crippen LogP) is 2.65. The minimum Gasteiger partial charge on any atom is -0.465 e. The molecule has 0 unspecified atom stereocenters. The van der Waals surface area contributed by atoms with E-state index >= 15 is 0 Å². The molecule has 1 rings (SSSR count). The van der Waals surface area contributed by atoms with Crippen LogP contribution in [0.15, 0.2) is 30.3 Å². The Kier molecular flexibility index (Phi) is 6.04. The number of methoxy groups -OCH3 is 1. The zero-order chi connectivity index (χ0) is 12.5. The fourth-order valence-electron chi connectivity index (χ4n) is 1.44. The normalized spacial score (nSPS) is 10.7. The van der Waals surface area contributed by atoms with Crippen molar-refractivity contribution in [2.45, 2.75) is 19.3 Å². The van der Waals surface area contributed by atoms with E-state index in [9.17, 15) is 4.79 Å². The van der Waals surface area contributed by atoms with Crippen molar-refractivity contribution in [2.75, 3.05) is 13.7 Å². The number of rotatable bonds is 6. The van der Waals surface area contributed by atoms with E-state index in [4.69, 9.17) is 5.11 Å². The Labute approximate surface area is 102 Å². The topological polar surface area (TPSA) is 46.5 Å². The van der Waals surface area contributed by atoms with Crippen LogP contribution in [-0.4, -0.2) is 24.8 Å². The van der Waals surface area contributed by atoms with Gasteiger partial charge in [-0.2, -0.15) is 0 Å². The number of esters is 1. The minimum absolute atomic E-state index is 0.252. The highest BCUT2D eigenvalue weighted by Crippen LogP contribution is 2.08. The predicted molar refractivity (Wildman–Crippen MR) is 67.8 cm³/mol. The van der Waals surface area contributed by atoms with E-state index in [-0.39, 0.29) is 12.6 Å². The Morgan fingerprint density at radius 2 is 2.00 bits per heavy atom. The number of hydrogen-bond acceptors (Lipinski definition) is 3. The van der Waals surface area contributed by atoms with Crippen molar-refractivity contribution < 1.29 is 14.6 Å². The number of ether oxygens (including phenoxy) is 1. The van der Waals surface area contributed by atoms with Crippen LogP contribution in [0.1, 0.15) is 35.2 Å². The molecule has 0 heterocycles. The van der Waals surface area contributed by atoms with E-state index in [0.29, 0.717) is 5.56 Å². The Balaban J connectivity index is 2.48. The Hall–Kier alpha value is -1.61. The van der Waals surface area contributed by atoms with Gasteiger partial charge in [0, 0.05) is 6.61 Å². The first-order valence-electron chi connectivity index (χ1n) is 5.73. The quantitative estimate of drug-likeness (QED) is 0.608. The Morgan fingerprint density at radius 3 is 2.59 bits per heavy atom. The lowest BCUT2D eigenvalue weighted by Crippen LogP contribution is -2.00. The van der Waals surface area contributed by atoms with Gasteiger partial charge in [0.25, 0.3) is 0 Å². The number of aliphatic hydroxyl groups excluding tert-OH is 1. The molecule has 1 N–H and O–H groups in total. The second kappa shape index (κ2) is 7.63. The molecule has 0 spiro atoms. The number of carbonyl (C=O) groups excluding carboxylic acids is 1. The van der Waals surface area contributed by atoms with Gasteiger partial charge in [0.05, 0.1) is 12.7 Å². The molecule has 0 aliphatic rings.